The van der Waals surface area contributed by atoms with Crippen LogP contribution in [0.4, 0.5) is 0 Å². The third-order valence-corrected chi connectivity index (χ3v) is 13.1. The summed E-state index contributed by atoms with van der Waals surface area (Å²) in [4.78, 5) is 37.3. The monoisotopic (exact) mass is 1050 g/mol. The Morgan fingerprint density at radius 3 is 1.15 bits per heavy atom. The van der Waals surface area contributed by atoms with Crippen molar-refractivity contribution in [1.82, 2.24) is 0 Å². The van der Waals surface area contributed by atoms with Crippen molar-refractivity contribution in [2.75, 3.05) is 47.5 Å². The first-order chi connectivity index (χ1) is 36.6. The predicted octanol–water partition coefficient (Wildman–Crippen LogP) is 17.0. The average molecular weight is 1050 g/mol. The molecule has 0 spiro atoms. The minimum atomic E-state index is -1.63. The molecule has 0 aromatic rings. The van der Waals surface area contributed by atoms with Gasteiger partial charge < -0.3 is 33.3 Å². The van der Waals surface area contributed by atoms with E-state index < -0.39 is 24.3 Å². The van der Waals surface area contributed by atoms with E-state index in [1.807, 2.05) is 21.1 Å². The van der Waals surface area contributed by atoms with E-state index in [9.17, 15) is 19.5 Å². The summed E-state index contributed by atoms with van der Waals surface area (Å²) in [6.45, 7) is 4.64. The number of nitrogens with zero attached hydrogens (tertiary/aromatic N) is 1. The van der Waals surface area contributed by atoms with Crippen molar-refractivity contribution in [3.8, 4) is 0 Å². The van der Waals surface area contributed by atoms with Gasteiger partial charge in [0.2, 0.25) is 0 Å². The number of hydrogen-bond acceptors (Lipinski definition) is 8. The number of likely N-dealkylation sites (N-methyl/N-ethyl adjacent to an activating group) is 1. The van der Waals surface area contributed by atoms with Crippen molar-refractivity contribution in [2.24, 2.45) is 0 Å². The molecule has 0 rings (SSSR count). The van der Waals surface area contributed by atoms with Crippen molar-refractivity contribution in [2.45, 2.75) is 270 Å². The molecule has 0 aliphatic carbocycles. The second-order valence-corrected chi connectivity index (χ2v) is 21.6. The maximum atomic E-state index is 12.9. The lowest BCUT2D eigenvalue weighted by molar-refractivity contribution is -0.870. The zero-order valence-corrected chi connectivity index (χ0v) is 49.1. The fourth-order valence-electron chi connectivity index (χ4n) is 8.42. The molecule has 0 N–H and O–H groups in total. The molecule has 0 radical (unpaired) electrons. The summed E-state index contributed by atoms with van der Waals surface area (Å²) in [6, 6.07) is 0. The molecular formula is C66H115NO8. The Balaban J connectivity index is 4.20. The summed E-state index contributed by atoms with van der Waals surface area (Å²) in [6.07, 6.45) is 72.0. The van der Waals surface area contributed by atoms with Crippen molar-refractivity contribution >= 4 is 17.9 Å². The van der Waals surface area contributed by atoms with Gasteiger partial charge in [0.15, 0.2) is 12.4 Å². The van der Waals surface area contributed by atoms with Crippen LogP contribution in [0.15, 0.2) is 85.1 Å². The first-order valence-electron chi connectivity index (χ1n) is 30.7. The number of unbranched alkanes of at least 4 members (excludes halogenated alkanes) is 27. The SMILES string of the molecule is CC/C=C\C/C=C\C/C=C\C/C=C\C/C=C\C/C=C\CCCCCCCCCCCCCCC(=O)OC(COC(=O)CCCCCCCCCCC/C=C\CCCCCCCC)COC(OCC[N+](C)(C)C)C(=O)[O-]. The standard InChI is InChI=1S/C66H115NO8/c1-6-8-10-12-14-16-18-20-22-24-26-27-28-29-30-31-32-33-34-35-36-37-39-41-43-45-47-49-51-53-55-57-64(69)75-62(61-74-66(65(70)71)72-59-58-67(3,4)5)60-73-63(68)56-54-52-50-48-46-44-42-40-38-25-23-21-19-17-15-13-11-9-7-2/h8,10,14,16,20-23,26-27,29-30,32-33,62,66H,6-7,9,11-13,15,17-19,24-25,28,31,34-61H2,1-5H3/b10-8-,16-14-,22-20-,23-21-,27-26-,30-29-,33-32-. The Bertz CT molecular complexity index is 1500. The molecule has 0 fully saturated rings. The van der Waals surface area contributed by atoms with Crippen molar-refractivity contribution in [1.29, 1.82) is 0 Å². The molecule has 0 amide bonds. The number of aliphatic carboxylic acids is 1. The summed E-state index contributed by atoms with van der Waals surface area (Å²) in [5.41, 5.74) is 0. The normalized spacial score (nSPS) is 13.3. The lowest BCUT2D eigenvalue weighted by Crippen LogP contribution is -2.44. The maximum absolute atomic E-state index is 12.9. The minimum Gasteiger partial charge on any atom is -0.545 e. The number of carboxylic acid groups (broad SMARTS) is 1. The molecule has 9 nitrogen and oxygen atoms in total. The van der Waals surface area contributed by atoms with Crippen LogP contribution in [0.5, 0.6) is 0 Å². The zero-order valence-electron chi connectivity index (χ0n) is 49.1. The molecule has 0 aliphatic heterocycles. The summed E-state index contributed by atoms with van der Waals surface area (Å²) in [5.74, 6) is -2.28. The van der Waals surface area contributed by atoms with E-state index in [1.165, 1.54) is 148 Å². The zero-order chi connectivity index (χ0) is 54.8. The second kappa shape index (κ2) is 56.7. The van der Waals surface area contributed by atoms with Gasteiger partial charge in [0.25, 0.3) is 0 Å². The summed E-state index contributed by atoms with van der Waals surface area (Å²) in [5, 5.41) is 11.8. The van der Waals surface area contributed by atoms with E-state index in [4.69, 9.17) is 18.9 Å². The molecule has 0 saturated heterocycles. The lowest BCUT2D eigenvalue weighted by atomic mass is 10.0. The highest BCUT2D eigenvalue weighted by Gasteiger charge is 2.22. The largest absolute Gasteiger partial charge is 0.545 e. The average Bonchev–Trinajstić information content (AvgIpc) is 3.38. The van der Waals surface area contributed by atoms with Gasteiger partial charge in [-0.2, -0.15) is 0 Å². The molecule has 9 heteroatoms. The molecular weight excluding hydrogens is 935 g/mol. The minimum absolute atomic E-state index is 0.145. The number of esters is 2. The Labute approximate surface area is 461 Å². The number of ether oxygens (including phenoxy) is 4. The number of carbonyl (C=O) groups is 3. The van der Waals surface area contributed by atoms with E-state index in [-0.39, 0.29) is 38.6 Å². The molecule has 2 atom stereocenters. The molecule has 75 heavy (non-hydrogen) atoms. The quantitative estimate of drug-likeness (QED) is 0.0195. The van der Waals surface area contributed by atoms with Gasteiger partial charge in [-0.25, -0.2) is 0 Å². The third-order valence-electron chi connectivity index (χ3n) is 13.1. The molecule has 0 saturated carbocycles. The summed E-state index contributed by atoms with van der Waals surface area (Å²) < 4.78 is 22.7. The predicted molar refractivity (Wildman–Crippen MR) is 315 cm³/mol. The van der Waals surface area contributed by atoms with Crippen LogP contribution in [0.2, 0.25) is 0 Å². The number of quaternary nitrogens is 1. The Morgan fingerprint density at radius 1 is 0.413 bits per heavy atom. The number of rotatable bonds is 56. The van der Waals surface area contributed by atoms with Gasteiger partial charge in [-0.3, -0.25) is 9.59 Å². The van der Waals surface area contributed by atoms with Crippen LogP contribution in [0.3, 0.4) is 0 Å². The number of carboxylic acids is 1. The van der Waals surface area contributed by atoms with Crippen LogP contribution < -0.4 is 5.11 Å². The van der Waals surface area contributed by atoms with E-state index in [0.717, 1.165) is 77.0 Å². The molecule has 0 aromatic heterocycles. The number of allylic oxidation sites excluding steroid dienone is 14. The van der Waals surface area contributed by atoms with E-state index in [0.29, 0.717) is 17.4 Å². The van der Waals surface area contributed by atoms with Gasteiger partial charge >= 0.3 is 11.9 Å². The van der Waals surface area contributed by atoms with E-state index in [2.05, 4.69) is 98.9 Å². The van der Waals surface area contributed by atoms with Crippen LogP contribution in [0.25, 0.3) is 0 Å². The molecule has 0 aliphatic rings. The van der Waals surface area contributed by atoms with Crippen LogP contribution in [0.1, 0.15) is 258 Å². The Kier molecular flexibility index (Phi) is 54.0. The van der Waals surface area contributed by atoms with Crippen LogP contribution in [0, 0.1) is 0 Å². The van der Waals surface area contributed by atoms with Crippen LogP contribution in [-0.4, -0.2) is 82.3 Å². The highest BCUT2D eigenvalue weighted by atomic mass is 16.7. The highest BCUT2D eigenvalue weighted by molar-refractivity contribution is 5.70. The fourth-order valence-corrected chi connectivity index (χ4v) is 8.42. The molecule has 2 unspecified atom stereocenters. The first-order valence-corrected chi connectivity index (χ1v) is 30.7. The third kappa shape index (κ3) is 58.0. The molecule has 0 aromatic carbocycles. The Morgan fingerprint density at radius 2 is 0.760 bits per heavy atom. The number of hydrogen-bond donors (Lipinski definition) is 0. The first kappa shape index (κ1) is 71.5. The maximum Gasteiger partial charge on any atom is 0.306 e. The van der Waals surface area contributed by atoms with Crippen LogP contribution >= 0.6 is 0 Å². The smallest absolute Gasteiger partial charge is 0.306 e. The van der Waals surface area contributed by atoms with Crippen molar-refractivity contribution in [3.63, 3.8) is 0 Å². The highest BCUT2D eigenvalue weighted by Crippen LogP contribution is 2.16. The van der Waals surface area contributed by atoms with E-state index >= 15 is 0 Å². The summed E-state index contributed by atoms with van der Waals surface area (Å²) in [7, 11) is 5.92. The fraction of sp³-hybridized carbons (Fsp3) is 0.742. The molecule has 0 bridgehead atoms. The van der Waals surface area contributed by atoms with Gasteiger partial charge in [-0.05, 0) is 89.9 Å². The van der Waals surface area contributed by atoms with Gasteiger partial charge in [0.05, 0.1) is 40.3 Å². The topological polar surface area (TPSA) is 111 Å². The molecule has 432 valence electrons. The van der Waals surface area contributed by atoms with Crippen LogP contribution in [-0.2, 0) is 33.3 Å². The lowest BCUT2D eigenvalue weighted by Gasteiger charge is -2.26. The Hall–Kier alpha value is -3.53. The van der Waals surface area contributed by atoms with Gasteiger partial charge in [-0.1, -0.05) is 240 Å². The van der Waals surface area contributed by atoms with Crippen molar-refractivity contribution in [3.05, 3.63) is 85.1 Å². The number of carbonyl (C=O) groups excluding carboxylic acids is 3. The van der Waals surface area contributed by atoms with Gasteiger partial charge in [-0.15, -0.1) is 0 Å². The van der Waals surface area contributed by atoms with Crippen molar-refractivity contribution < 1.29 is 42.9 Å². The van der Waals surface area contributed by atoms with E-state index in [1.54, 1.807) is 0 Å². The van der Waals surface area contributed by atoms with Gasteiger partial charge in [0, 0.05) is 12.8 Å². The molecule has 0 heterocycles. The summed E-state index contributed by atoms with van der Waals surface area (Å²) >= 11 is 0. The van der Waals surface area contributed by atoms with Gasteiger partial charge in [0.1, 0.15) is 13.2 Å². The second-order valence-electron chi connectivity index (χ2n) is 21.6.